The molecule has 182 valence electrons. The third-order valence-electron chi connectivity index (χ3n) is 5.85. The summed E-state index contributed by atoms with van der Waals surface area (Å²) in [6, 6.07) is 9.90. The van der Waals surface area contributed by atoms with Gasteiger partial charge >= 0.3 is 0 Å². The van der Waals surface area contributed by atoms with Crippen molar-refractivity contribution in [2.45, 2.75) is 38.8 Å². The number of benzene rings is 2. The second kappa shape index (κ2) is 10.6. The minimum atomic E-state index is -0.685. The van der Waals surface area contributed by atoms with E-state index in [0.29, 0.717) is 34.7 Å². The predicted octanol–water partition coefficient (Wildman–Crippen LogP) is 6.68. The number of aromatic nitrogens is 4. The van der Waals surface area contributed by atoms with Gasteiger partial charge in [0, 0.05) is 23.6 Å². The van der Waals surface area contributed by atoms with E-state index in [1.54, 1.807) is 18.5 Å². The first-order valence-electron chi connectivity index (χ1n) is 11.7. The number of hydrogen-bond donors (Lipinski definition) is 2. The average Bonchev–Trinajstić information content (AvgIpc) is 3.33. The van der Waals surface area contributed by atoms with Crippen LogP contribution in [-0.4, -0.2) is 31.9 Å². The first kappa shape index (κ1) is 23.5. The molecule has 5 rings (SSSR count). The van der Waals surface area contributed by atoms with Crippen molar-refractivity contribution in [2.24, 2.45) is 0 Å². The van der Waals surface area contributed by atoms with Gasteiger partial charge in [-0.05, 0) is 43.9 Å². The van der Waals surface area contributed by atoms with Crippen molar-refractivity contribution in [3.63, 3.8) is 0 Å². The number of rotatable bonds is 8. The number of nitrogens with zero attached hydrogens (tertiary/aromatic N) is 4. The lowest BCUT2D eigenvalue weighted by Gasteiger charge is -2.23. The normalized spacial score (nSPS) is 15.9. The molecule has 2 aromatic heterocycles. The van der Waals surface area contributed by atoms with E-state index < -0.39 is 11.6 Å². The fraction of sp³-hybridized carbons (Fsp3) is 0.320. The summed E-state index contributed by atoms with van der Waals surface area (Å²) in [5, 5.41) is 2.95. The zero-order valence-electron chi connectivity index (χ0n) is 19.3. The highest BCUT2D eigenvalue weighted by molar-refractivity contribution is 8.00. The Labute approximate surface area is 206 Å². The summed E-state index contributed by atoms with van der Waals surface area (Å²) in [7, 11) is 0. The Hall–Kier alpha value is -3.24. The molecule has 0 radical (unpaired) electrons. The van der Waals surface area contributed by atoms with Crippen molar-refractivity contribution in [1.29, 1.82) is 0 Å². The number of anilines is 3. The maximum atomic E-state index is 15.2. The van der Waals surface area contributed by atoms with E-state index in [9.17, 15) is 4.39 Å². The van der Waals surface area contributed by atoms with E-state index in [4.69, 9.17) is 4.74 Å². The largest absolute Gasteiger partial charge is 0.358 e. The van der Waals surface area contributed by atoms with Crippen LogP contribution in [0.5, 0.6) is 0 Å². The average molecular weight is 497 g/mol. The molecule has 1 aliphatic rings. The van der Waals surface area contributed by atoms with Crippen LogP contribution in [0.4, 0.5) is 25.8 Å². The van der Waals surface area contributed by atoms with E-state index in [0.717, 1.165) is 31.4 Å². The minimum absolute atomic E-state index is 0.117. The van der Waals surface area contributed by atoms with Crippen molar-refractivity contribution in [2.75, 3.05) is 22.4 Å². The van der Waals surface area contributed by atoms with Crippen LogP contribution in [0.1, 0.15) is 38.8 Å². The molecule has 10 heteroatoms. The summed E-state index contributed by atoms with van der Waals surface area (Å²) in [5.41, 5.74) is 2.99. The summed E-state index contributed by atoms with van der Waals surface area (Å²) in [6.45, 7) is 2.74. The highest BCUT2D eigenvalue weighted by atomic mass is 32.2. The van der Waals surface area contributed by atoms with Crippen molar-refractivity contribution < 1.29 is 13.5 Å². The Morgan fingerprint density at radius 1 is 1.09 bits per heavy atom. The smallest absolute Gasteiger partial charge is 0.173 e. The highest BCUT2D eigenvalue weighted by Gasteiger charge is 2.22. The fourth-order valence-electron chi connectivity index (χ4n) is 4.11. The van der Waals surface area contributed by atoms with Crippen LogP contribution in [-0.2, 0) is 4.74 Å². The Kier molecular flexibility index (Phi) is 7.10. The predicted molar refractivity (Wildman–Crippen MR) is 136 cm³/mol. The Morgan fingerprint density at radius 3 is 2.80 bits per heavy atom. The van der Waals surface area contributed by atoms with Crippen molar-refractivity contribution in [3.05, 3.63) is 60.7 Å². The molecule has 1 aliphatic heterocycles. The van der Waals surface area contributed by atoms with E-state index in [2.05, 4.69) is 25.0 Å². The molecule has 7 nitrogen and oxygen atoms in total. The maximum Gasteiger partial charge on any atom is 0.173 e. The Morgan fingerprint density at radius 2 is 1.97 bits per heavy atom. The minimum Gasteiger partial charge on any atom is -0.358 e. The first-order valence-corrected chi connectivity index (χ1v) is 12.7. The maximum absolute atomic E-state index is 15.2. The van der Waals surface area contributed by atoms with Gasteiger partial charge < -0.3 is 14.8 Å². The number of fused-ring (bicyclic) bond motifs is 1. The molecule has 0 spiro atoms. The van der Waals surface area contributed by atoms with Gasteiger partial charge in [0.1, 0.15) is 35.3 Å². The third-order valence-corrected chi connectivity index (χ3v) is 6.82. The van der Waals surface area contributed by atoms with E-state index >= 15 is 4.39 Å². The molecule has 1 atom stereocenters. The SMILES string of the molecule is CCCSNc1ccc(F)c(Nc2ccccc2-c2ncnc3c2ncn3C2CCCCO2)c1F. The molecule has 1 saturated heterocycles. The van der Waals surface area contributed by atoms with Crippen LogP contribution >= 0.6 is 11.9 Å². The second-order valence-corrected chi connectivity index (χ2v) is 9.17. The molecule has 0 bridgehead atoms. The first-order chi connectivity index (χ1) is 17.2. The van der Waals surface area contributed by atoms with Crippen LogP contribution < -0.4 is 10.0 Å². The molecule has 35 heavy (non-hydrogen) atoms. The lowest BCUT2D eigenvalue weighted by Crippen LogP contribution is -2.17. The van der Waals surface area contributed by atoms with Crippen LogP contribution in [0.3, 0.4) is 0 Å². The van der Waals surface area contributed by atoms with Crippen LogP contribution in [0, 0.1) is 11.6 Å². The van der Waals surface area contributed by atoms with E-state index in [1.165, 1.54) is 30.4 Å². The third kappa shape index (κ3) is 4.81. The second-order valence-electron chi connectivity index (χ2n) is 8.27. The summed E-state index contributed by atoms with van der Waals surface area (Å²) in [5.74, 6) is -0.560. The van der Waals surface area contributed by atoms with Gasteiger partial charge in [-0.2, -0.15) is 0 Å². The Bertz CT molecular complexity index is 1320. The molecule has 1 fully saturated rings. The molecular formula is C25H26F2N6OS. The van der Waals surface area contributed by atoms with Crippen molar-refractivity contribution >= 4 is 40.2 Å². The molecule has 0 aliphatic carbocycles. The summed E-state index contributed by atoms with van der Waals surface area (Å²) in [6.07, 6.45) is 7.04. The van der Waals surface area contributed by atoms with E-state index in [-0.39, 0.29) is 17.6 Å². The number of imidazole rings is 1. The molecule has 2 aromatic carbocycles. The van der Waals surface area contributed by atoms with E-state index in [1.807, 2.05) is 23.6 Å². The number of ether oxygens (including phenoxy) is 1. The molecule has 0 saturated carbocycles. The van der Waals surface area contributed by atoms with Crippen molar-refractivity contribution in [3.8, 4) is 11.3 Å². The zero-order chi connectivity index (χ0) is 24.2. The molecule has 3 heterocycles. The summed E-state index contributed by atoms with van der Waals surface area (Å²) in [4.78, 5) is 13.5. The molecule has 0 amide bonds. The standard InChI is InChI=1S/C25H26F2N6OS/c1-2-13-35-32-19-11-10-17(26)23(21(19)27)31-18-8-4-3-7-16(18)22-24-25(29-14-28-22)33(15-30-24)20-9-5-6-12-34-20/h3-4,7-8,10-11,14-15,20,31-32H,2,5-6,9,12-13H2,1H3. The van der Waals surface area contributed by atoms with Gasteiger partial charge in [0.25, 0.3) is 0 Å². The Balaban J connectivity index is 1.51. The molecule has 2 N–H and O–H groups in total. The van der Waals surface area contributed by atoms with Gasteiger partial charge in [0.05, 0.1) is 12.0 Å². The number of nitrogens with one attached hydrogen (secondary N) is 2. The topological polar surface area (TPSA) is 76.9 Å². The van der Waals surface area contributed by atoms with Gasteiger partial charge in [-0.15, -0.1) is 0 Å². The van der Waals surface area contributed by atoms with Crippen molar-refractivity contribution in [1.82, 2.24) is 19.5 Å². The summed E-state index contributed by atoms with van der Waals surface area (Å²) < 4.78 is 40.7. The lowest BCUT2D eigenvalue weighted by molar-refractivity contribution is -0.0298. The van der Waals surface area contributed by atoms with Gasteiger partial charge in [0.15, 0.2) is 11.5 Å². The highest BCUT2D eigenvalue weighted by Crippen LogP contribution is 2.36. The quantitative estimate of drug-likeness (QED) is 0.208. The zero-order valence-corrected chi connectivity index (χ0v) is 20.1. The van der Waals surface area contributed by atoms with Gasteiger partial charge in [-0.1, -0.05) is 37.1 Å². The van der Waals surface area contributed by atoms with Crippen LogP contribution in [0.2, 0.25) is 0 Å². The molecule has 4 aromatic rings. The van der Waals surface area contributed by atoms with Crippen LogP contribution in [0.15, 0.2) is 49.1 Å². The van der Waals surface area contributed by atoms with Gasteiger partial charge in [0.2, 0.25) is 0 Å². The number of halogens is 2. The monoisotopic (exact) mass is 496 g/mol. The lowest BCUT2D eigenvalue weighted by atomic mass is 10.1. The summed E-state index contributed by atoms with van der Waals surface area (Å²) >= 11 is 1.38. The van der Waals surface area contributed by atoms with Crippen LogP contribution in [0.25, 0.3) is 22.4 Å². The molecule has 1 unspecified atom stereocenters. The van der Waals surface area contributed by atoms with Gasteiger partial charge in [-0.25, -0.2) is 23.7 Å². The number of hydrogen-bond acceptors (Lipinski definition) is 7. The fourth-order valence-corrected chi connectivity index (χ4v) is 4.73. The molecular weight excluding hydrogens is 470 g/mol. The van der Waals surface area contributed by atoms with Gasteiger partial charge in [-0.3, -0.25) is 4.57 Å². The number of para-hydroxylation sites is 1.